The van der Waals surface area contributed by atoms with Crippen molar-refractivity contribution >= 4 is 5.69 Å². The zero-order valence-electron chi connectivity index (χ0n) is 11.1. The molecule has 1 aromatic rings. The van der Waals surface area contributed by atoms with Gasteiger partial charge in [-0.3, -0.25) is 4.98 Å². The van der Waals surface area contributed by atoms with E-state index in [0.717, 1.165) is 29.6 Å². The highest BCUT2D eigenvalue weighted by molar-refractivity contribution is 5.56. The summed E-state index contributed by atoms with van der Waals surface area (Å²) in [6.45, 7) is 5.72. The average Bonchev–Trinajstić information content (AvgIpc) is 2.40. The minimum Gasteiger partial charge on any atom is -0.493 e. The van der Waals surface area contributed by atoms with Gasteiger partial charge in [0.05, 0.1) is 19.0 Å². The fourth-order valence-electron chi connectivity index (χ4n) is 3.15. The summed E-state index contributed by atoms with van der Waals surface area (Å²) in [5, 5.41) is 3.67. The van der Waals surface area contributed by atoms with Crippen molar-refractivity contribution < 1.29 is 4.74 Å². The number of anilines is 1. The number of ether oxygens (including phenoxy) is 1. The van der Waals surface area contributed by atoms with Crippen LogP contribution in [0.15, 0.2) is 12.3 Å². The quantitative estimate of drug-likeness (QED) is 0.885. The molecule has 3 aliphatic heterocycles. The monoisotopic (exact) mass is 247 g/mol. The van der Waals surface area contributed by atoms with E-state index in [1.165, 1.54) is 25.9 Å². The maximum Gasteiger partial charge on any atom is 0.160 e. The molecule has 4 heteroatoms. The van der Waals surface area contributed by atoms with Gasteiger partial charge >= 0.3 is 0 Å². The second kappa shape index (κ2) is 4.76. The van der Waals surface area contributed by atoms with E-state index in [2.05, 4.69) is 21.3 Å². The van der Waals surface area contributed by atoms with Crippen molar-refractivity contribution in [3.8, 4) is 5.75 Å². The van der Waals surface area contributed by atoms with Crippen LogP contribution < -0.4 is 10.1 Å². The lowest BCUT2D eigenvalue weighted by Gasteiger charge is -2.45. The topological polar surface area (TPSA) is 37.4 Å². The molecule has 1 unspecified atom stereocenters. The van der Waals surface area contributed by atoms with Gasteiger partial charge in [0, 0.05) is 18.3 Å². The van der Waals surface area contributed by atoms with Crippen molar-refractivity contribution in [1.82, 2.24) is 9.88 Å². The van der Waals surface area contributed by atoms with E-state index in [4.69, 9.17) is 4.74 Å². The molecule has 0 saturated carbocycles. The van der Waals surface area contributed by atoms with E-state index < -0.39 is 0 Å². The number of aromatic nitrogens is 1. The number of hydrogen-bond acceptors (Lipinski definition) is 4. The number of piperidine rings is 3. The van der Waals surface area contributed by atoms with E-state index in [1.807, 2.05) is 6.92 Å². The molecular formula is C14H21N3O. The Morgan fingerprint density at radius 3 is 2.78 bits per heavy atom. The largest absolute Gasteiger partial charge is 0.493 e. The van der Waals surface area contributed by atoms with Crippen LogP contribution in [0.25, 0.3) is 0 Å². The van der Waals surface area contributed by atoms with Crippen LogP contribution in [-0.4, -0.2) is 42.7 Å². The molecule has 1 atom stereocenters. The first kappa shape index (κ1) is 11.8. The lowest BCUT2D eigenvalue weighted by Crippen LogP contribution is -2.53. The molecule has 0 amide bonds. The zero-order valence-corrected chi connectivity index (χ0v) is 11.1. The fourth-order valence-corrected chi connectivity index (χ4v) is 3.15. The van der Waals surface area contributed by atoms with Gasteiger partial charge in [0.2, 0.25) is 0 Å². The summed E-state index contributed by atoms with van der Waals surface area (Å²) >= 11 is 0. The van der Waals surface area contributed by atoms with Crippen molar-refractivity contribution in [2.24, 2.45) is 5.92 Å². The lowest BCUT2D eigenvalue weighted by atomic mass is 9.84. The third kappa shape index (κ3) is 2.17. The van der Waals surface area contributed by atoms with E-state index in [1.54, 1.807) is 13.3 Å². The van der Waals surface area contributed by atoms with Crippen LogP contribution in [-0.2, 0) is 0 Å². The average molecular weight is 247 g/mol. The summed E-state index contributed by atoms with van der Waals surface area (Å²) in [6.07, 6.45) is 4.45. The molecule has 0 radical (unpaired) electrons. The molecule has 4 rings (SSSR count). The summed E-state index contributed by atoms with van der Waals surface area (Å²) in [7, 11) is 1.70. The zero-order chi connectivity index (χ0) is 12.5. The van der Waals surface area contributed by atoms with Crippen LogP contribution in [0, 0.1) is 12.8 Å². The van der Waals surface area contributed by atoms with Crippen LogP contribution >= 0.6 is 0 Å². The SMILES string of the molecule is COc1cnc(C)cc1NC1CN2CCC1CC2. The van der Waals surface area contributed by atoms with Crippen LogP contribution in [0.3, 0.4) is 0 Å². The van der Waals surface area contributed by atoms with Gasteiger partial charge in [-0.25, -0.2) is 0 Å². The van der Waals surface area contributed by atoms with Gasteiger partial charge in [-0.1, -0.05) is 0 Å². The Morgan fingerprint density at radius 2 is 2.17 bits per heavy atom. The first-order valence-corrected chi connectivity index (χ1v) is 6.76. The fraction of sp³-hybridized carbons (Fsp3) is 0.643. The van der Waals surface area contributed by atoms with Gasteiger partial charge < -0.3 is 15.0 Å². The van der Waals surface area contributed by atoms with Crippen molar-refractivity contribution in [3.05, 3.63) is 18.0 Å². The molecule has 3 fully saturated rings. The van der Waals surface area contributed by atoms with Gasteiger partial charge in [-0.2, -0.15) is 0 Å². The number of fused-ring (bicyclic) bond motifs is 3. The minimum absolute atomic E-state index is 0.559. The molecule has 4 nitrogen and oxygen atoms in total. The Labute approximate surface area is 108 Å². The first-order valence-electron chi connectivity index (χ1n) is 6.76. The molecule has 2 bridgehead atoms. The van der Waals surface area contributed by atoms with Crippen molar-refractivity contribution in [3.63, 3.8) is 0 Å². The molecular weight excluding hydrogens is 226 g/mol. The minimum atomic E-state index is 0.559. The molecule has 98 valence electrons. The Kier molecular flexibility index (Phi) is 3.12. The van der Waals surface area contributed by atoms with Crippen molar-refractivity contribution in [1.29, 1.82) is 0 Å². The maximum absolute atomic E-state index is 5.38. The van der Waals surface area contributed by atoms with Gasteiger partial charge in [-0.05, 0) is 44.8 Å². The van der Waals surface area contributed by atoms with Crippen LogP contribution in [0.4, 0.5) is 5.69 Å². The summed E-state index contributed by atoms with van der Waals surface area (Å²) in [4.78, 5) is 6.83. The predicted octanol–water partition coefficient (Wildman–Crippen LogP) is 1.90. The molecule has 3 saturated heterocycles. The second-order valence-electron chi connectivity index (χ2n) is 5.41. The third-order valence-corrected chi connectivity index (χ3v) is 4.22. The highest BCUT2D eigenvalue weighted by Crippen LogP contribution is 2.32. The third-order valence-electron chi connectivity index (χ3n) is 4.22. The van der Waals surface area contributed by atoms with Crippen LogP contribution in [0.5, 0.6) is 5.75 Å². The molecule has 1 N–H and O–H groups in total. The van der Waals surface area contributed by atoms with Crippen LogP contribution in [0.1, 0.15) is 18.5 Å². The van der Waals surface area contributed by atoms with Gasteiger partial charge in [0.1, 0.15) is 0 Å². The molecule has 3 aliphatic rings. The Morgan fingerprint density at radius 1 is 1.39 bits per heavy atom. The summed E-state index contributed by atoms with van der Waals surface area (Å²) in [5.74, 6) is 1.66. The summed E-state index contributed by atoms with van der Waals surface area (Å²) < 4.78 is 5.38. The number of nitrogens with one attached hydrogen (secondary N) is 1. The number of nitrogens with zero attached hydrogens (tertiary/aromatic N) is 2. The highest BCUT2D eigenvalue weighted by Gasteiger charge is 2.34. The number of aryl methyl sites for hydroxylation is 1. The molecule has 0 aliphatic carbocycles. The first-order chi connectivity index (χ1) is 8.76. The molecule has 0 spiro atoms. The smallest absolute Gasteiger partial charge is 0.160 e. The van der Waals surface area contributed by atoms with Crippen molar-refractivity contribution in [2.75, 3.05) is 32.1 Å². The standard InChI is InChI=1S/C14H21N3O/c1-10-7-12(14(18-2)8-15-10)16-13-9-17-5-3-11(13)4-6-17/h7-8,11,13H,3-6,9H2,1-2H3,(H,15,16). The van der Waals surface area contributed by atoms with E-state index in [0.29, 0.717) is 6.04 Å². The van der Waals surface area contributed by atoms with E-state index in [9.17, 15) is 0 Å². The maximum atomic E-state index is 5.38. The summed E-state index contributed by atoms with van der Waals surface area (Å²) in [6, 6.07) is 2.64. The van der Waals surface area contributed by atoms with Gasteiger partial charge in [-0.15, -0.1) is 0 Å². The molecule has 1 aromatic heterocycles. The van der Waals surface area contributed by atoms with E-state index in [-0.39, 0.29) is 0 Å². The predicted molar refractivity (Wildman–Crippen MR) is 72.1 cm³/mol. The highest BCUT2D eigenvalue weighted by atomic mass is 16.5. The number of pyridine rings is 1. The van der Waals surface area contributed by atoms with Crippen LogP contribution in [0.2, 0.25) is 0 Å². The number of hydrogen-bond donors (Lipinski definition) is 1. The normalized spacial score (nSPS) is 30.2. The van der Waals surface area contributed by atoms with Gasteiger partial charge in [0.25, 0.3) is 0 Å². The number of rotatable bonds is 3. The molecule has 0 aromatic carbocycles. The second-order valence-corrected chi connectivity index (χ2v) is 5.41. The molecule has 18 heavy (non-hydrogen) atoms. The van der Waals surface area contributed by atoms with Crippen molar-refractivity contribution in [2.45, 2.75) is 25.8 Å². The molecule has 4 heterocycles. The Hall–Kier alpha value is -1.29. The summed E-state index contributed by atoms with van der Waals surface area (Å²) in [5.41, 5.74) is 2.11. The number of methoxy groups -OCH3 is 1. The van der Waals surface area contributed by atoms with Gasteiger partial charge in [0.15, 0.2) is 5.75 Å². The van der Waals surface area contributed by atoms with E-state index >= 15 is 0 Å². The lowest BCUT2D eigenvalue weighted by molar-refractivity contribution is 0.0974. The Balaban J connectivity index is 1.78. The Bertz CT molecular complexity index is 427.